The monoisotopic (exact) mass is 382 g/mol. The van der Waals surface area contributed by atoms with Gasteiger partial charge in [-0.15, -0.1) is 0 Å². The average molecular weight is 383 g/mol. The fourth-order valence-corrected chi connectivity index (χ4v) is 4.85. The van der Waals surface area contributed by atoms with Crippen LogP contribution in [0.25, 0.3) is 28.3 Å². The predicted molar refractivity (Wildman–Crippen MR) is 130 cm³/mol. The van der Waals surface area contributed by atoms with Crippen molar-refractivity contribution in [3.63, 3.8) is 0 Å². The molecule has 4 rings (SSSR count). The Morgan fingerprint density at radius 3 is 2.14 bits per heavy atom. The van der Waals surface area contributed by atoms with Gasteiger partial charge in [0.05, 0.1) is 0 Å². The molecule has 0 nitrogen and oxygen atoms in total. The molecule has 0 heteroatoms. The second-order valence-corrected chi connectivity index (χ2v) is 8.27. The van der Waals surface area contributed by atoms with Crippen molar-refractivity contribution in [1.82, 2.24) is 0 Å². The Morgan fingerprint density at radius 2 is 1.52 bits per heavy atom. The van der Waals surface area contributed by atoms with Crippen molar-refractivity contribution in [1.29, 1.82) is 0 Å². The van der Waals surface area contributed by atoms with Crippen LogP contribution < -0.4 is 0 Å². The summed E-state index contributed by atoms with van der Waals surface area (Å²) in [5.41, 5.74) is 13.7. The minimum atomic E-state index is -0.00556. The van der Waals surface area contributed by atoms with Crippen molar-refractivity contribution in [2.45, 2.75) is 60.3 Å². The molecular weight excluding hydrogens is 348 g/mol. The minimum absolute atomic E-state index is 0.00556. The van der Waals surface area contributed by atoms with Gasteiger partial charge in [-0.2, -0.15) is 0 Å². The van der Waals surface area contributed by atoms with Gasteiger partial charge in [0, 0.05) is 5.41 Å². The summed E-state index contributed by atoms with van der Waals surface area (Å²) in [6, 6.07) is 18.1. The summed E-state index contributed by atoms with van der Waals surface area (Å²) >= 11 is 0. The molecule has 29 heavy (non-hydrogen) atoms. The molecule has 0 fully saturated rings. The third-order valence-corrected chi connectivity index (χ3v) is 6.31. The van der Waals surface area contributed by atoms with Crippen molar-refractivity contribution < 1.29 is 0 Å². The minimum Gasteiger partial charge on any atom is -0.0984 e. The number of rotatable bonds is 3. The molecule has 0 saturated carbocycles. The van der Waals surface area contributed by atoms with E-state index in [1.54, 1.807) is 0 Å². The molecule has 0 radical (unpaired) electrons. The van der Waals surface area contributed by atoms with Crippen LogP contribution in [-0.2, 0) is 11.8 Å². The molecule has 0 N–H and O–H groups in total. The van der Waals surface area contributed by atoms with Gasteiger partial charge in [0.25, 0.3) is 0 Å². The molecule has 0 atom stereocenters. The Bertz CT molecular complexity index is 1060. The highest BCUT2D eigenvalue weighted by Crippen LogP contribution is 2.52. The van der Waals surface area contributed by atoms with Gasteiger partial charge in [0.2, 0.25) is 0 Å². The van der Waals surface area contributed by atoms with Crippen molar-refractivity contribution in [2.75, 3.05) is 0 Å². The maximum Gasteiger partial charge on any atom is 0.0164 e. The molecule has 1 aliphatic rings. The summed E-state index contributed by atoms with van der Waals surface area (Å²) in [6.07, 6.45) is 3.09. The van der Waals surface area contributed by atoms with E-state index in [1.807, 2.05) is 13.8 Å². The number of hydrogen-bond acceptors (Lipinski definition) is 0. The van der Waals surface area contributed by atoms with Gasteiger partial charge in [0.1, 0.15) is 0 Å². The summed E-state index contributed by atoms with van der Waals surface area (Å²) in [5.74, 6) is 0. The van der Waals surface area contributed by atoms with Crippen LogP contribution in [-0.4, -0.2) is 0 Å². The molecule has 0 aromatic heterocycles. The summed E-state index contributed by atoms with van der Waals surface area (Å²) in [4.78, 5) is 0. The molecule has 0 unspecified atom stereocenters. The normalized spacial score (nSPS) is 13.2. The molecule has 0 aliphatic heterocycles. The predicted octanol–water partition coefficient (Wildman–Crippen LogP) is 8.51. The SMILES string of the molecule is C=Cc1c(CC)ccc2c1C(C)(C)c1cc(C)c(-c3ccccc3C)cc1-2.CC. The quantitative estimate of drug-likeness (QED) is 0.426. The van der Waals surface area contributed by atoms with Gasteiger partial charge in [-0.1, -0.05) is 89.7 Å². The highest BCUT2D eigenvalue weighted by molar-refractivity contribution is 5.89. The molecule has 0 amide bonds. The van der Waals surface area contributed by atoms with E-state index in [0.29, 0.717) is 0 Å². The van der Waals surface area contributed by atoms with E-state index in [-0.39, 0.29) is 5.41 Å². The highest BCUT2D eigenvalue weighted by Gasteiger charge is 2.38. The number of aryl methyl sites for hydroxylation is 3. The van der Waals surface area contributed by atoms with E-state index in [4.69, 9.17) is 0 Å². The van der Waals surface area contributed by atoms with E-state index in [2.05, 4.69) is 95.8 Å². The van der Waals surface area contributed by atoms with Crippen LogP contribution in [0.3, 0.4) is 0 Å². The second-order valence-electron chi connectivity index (χ2n) is 8.27. The van der Waals surface area contributed by atoms with E-state index in [0.717, 1.165) is 6.42 Å². The maximum absolute atomic E-state index is 4.14. The fraction of sp³-hybridized carbons (Fsp3) is 0.310. The van der Waals surface area contributed by atoms with Crippen LogP contribution in [0.2, 0.25) is 0 Å². The van der Waals surface area contributed by atoms with Crippen LogP contribution in [0, 0.1) is 13.8 Å². The molecule has 0 saturated heterocycles. The lowest BCUT2D eigenvalue weighted by Gasteiger charge is -2.25. The van der Waals surface area contributed by atoms with Crippen LogP contribution in [0.15, 0.2) is 55.1 Å². The lowest BCUT2D eigenvalue weighted by Crippen LogP contribution is -2.17. The van der Waals surface area contributed by atoms with Crippen molar-refractivity contribution in [2.24, 2.45) is 0 Å². The molecule has 150 valence electrons. The van der Waals surface area contributed by atoms with E-state index >= 15 is 0 Å². The summed E-state index contributed by atoms with van der Waals surface area (Å²) in [6.45, 7) is 19.5. The largest absolute Gasteiger partial charge is 0.0984 e. The van der Waals surface area contributed by atoms with Gasteiger partial charge in [-0.3, -0.25) is 0 Å². The Kier molecular flexibility index (Phi) is 5.85. The Morgan fingerprint density at radius 1 is 0.828 bits per heavy atom. The molecular formula is C29H34. The van der Waals surface area contributed by atoms with Crippen molar-refractivity contribution in [3.8, 4) is 22.3 Å². The zero-order valence-electron chi connectivity index (χ0n) is 19.1. The zero-order chi connectivity index (χ0) is 21.3. The van der Waals surface area contributed by atoms with E-state index in [1.165, 1.54) is 55.6 Å². The highest BCUT2D eigenvalue weighted by atomic mass is 14.4. The van der Waals surface area contributed by atoms with Crippen LogP contribution in [0.1, 0.15) is 68.0 Å². The third kappa shape index (κ3) is 3.25. The summed E-state index contributed by atoms with van der Waals surface area (Å²) < 4.78 is 0. The van der Waals surface area contributed by atoms with Gasteiger partial charge in [0.15, 0.2) is 0 Å². The second kappa shape index (κ2) is 8.03. The van der Waals surface area contributed by atoms with Crippen molar-refractivity contribution >= 4 is 6.08 Å². The molecule has 0 bridgehead atoms. The smallest absolute Gasteiger partial charge is 0.0164 e. The maximum atomic E-state index is 4.14. The van der Waals surface area contributed by atoms with Gasteiger partial charge < -0.3 is 0 Å². The van der Waals surface area contributed by atoms with Crippen LogP contribution >= 0.6 is 0 Å². The van der Waals surface area contributed by atoms with Crippen LogP contribution in [0.5, 0.6) is 0 Å². The Hall–Kier alpha value is -2.60. The fourth-order valence-electron chi connectivity index (χ4n) is 4.85. The first kappa shape index (κ1) is 21.1. The third-order valence-electron chi connectivity index (χ3n) is 6.31. The van der Waals surface area contributed by atoms with Gasteiger partial charge in [-0.05, 0) is 82.0 Å². The standard InChI is InChI=1S/C27H28.C2H6/c1-7-19-13-14-22-24-16-23(21-12-10-9-11-17(21)3)18(4)15-25(24)27(5,6)26(22)20(19)8-2;1-2/h8-16H,2,7H2,1,3-6H3;1-2H3. The number of benzene rings is 3. The molecule has 0 heterocycles. The summed E-state index contributed by atoms with van der Waals surface area (Å²) in [5, 5.41) is 0. The molecule has 3 aromatic carbocycles. The number of fused-ring (bicyclic) bond motifs is 3. The first-order valence-electron chi connectivity index (χ1n) is 10.9. The topological polar surface area (TPSA) is 0 Å². The molecule has 0 spiro atoms. The lowest BCUT2D eigenvalue weighted by atomic mass is 9.78. The van der Waals surface area contributed by atoms with E-state index in [9.17, 15) is 0 Å². The molecule has 3 aromatic rings. The van der Waals surface area contributed by atoms with E-state index < -0.39 is 0 Å². The summed E-state index contributed by atoms with van der Waals surface area (Å²) in [7, 11) is 0. The Balaban J connectivity index is 0.00000117. The first-order chi connectivity index (χ1) is 13.9. The van der Waals surface area contributed by atoms with Crippen molar-refractivity contribution in [3.05, 3.63) is 88.5 Å². The van der Waals surface area contributed by atoms with Crippen LogP contribution in [0.4, 0.5) is 0 Å². The Labute approximate surface area is 177 Å². The first-order valence-corrected chi connectivity index (χ1v) is 10.9. The lowest BCUT2D eigenvalue weighted by molar-refractivity contribution is 0.657. The number of hydrogen-bond donors (Lipinski definition) is 0. The van der Waals surface area contributed by atoms with Gasteiger partial charge >= 0.3 is 0 Å². The molecule has 1 aliphatic carbocycles. The zero-order valence-corrected chi connectivity index (χ0v) is 19.1. The van der Waals surface area contributed by atoms with Gasteiger partial charge in [-0.25, -0.2) is 0 Å². The average Bonchev–Trinajstić information content (AvgIpc) is 2.95.